The Morgan fingerprint density at radius 2 is 2.14 bits per heavy atom. The monoisotopic (exact) mass is 302 g/mol. The Balaban J connectivity index is 2.11. The molecule has 0 amide bonds. The number of nitrogens with one attached hydrogen (secondary N) is 1. The smallest absolute Gasteiger partial charge is 0.119 e. The largest absolute Gasteiger partial charge is 0.497 e. The fraction of sp³-hybridized carbons (Fsp3) is 0.471. The molecule has 1 aliphatic rings. The topological polar surface area (TPSA) is 34.1 Å². The number of fused-ring (bicyclic) bond motifs is 2. The van der Waals surface area contributed by atoms with Gasteiger partial charge in [-0.05, 0) is 55.7 Å². The number of ether oxygens (including phenoxy) is 1. The highest BCUT2D eigenvalue weighted by Crippen LogP contribution is 2.34. The van der Waals surface area contributed by atoms with Crippen LogP contribution in [0.25, 0.3) is 10.9 Å². The predicted octanol–water partition coefficient (Wildman–Crippen LogP) is 3.90. The van der Waals surface area contributed by atoms with Gasteiger partial charge in [0.05, 0.1) is 12.6 Å². The van der Waals surface area contributed by atoms with Gasteiger partial charge in [-0.25, -0.2) is 0 Å². The van der Waals surface area contributed by atoms with Crippen LogP contribution in [0.4, 0.5) is 5.69 Å². The van der Waals surface area contributed by atoms with Crippen LogP contribution >= 0.6 is 11.8 Å². The maximum Gasteiger partial charge on any atom is 0.119 e. The summed E-state index contributed by atoms with van der Waals surface area (Å²) in [5, 5.41) is 4.84. The maximum atomic E-state index is 5.39. The number of anilines is 1. The number of pyridine rings is 1. The molecule has 0 saturated carbocycles. The predicted molar refractivity (Wildman–Crippen MR) is 91.8 cm³/mol. The van der Waals surface area contributed by atoms with E-state index in [2.05, 4.69) is 23.7 Å². The number of hydrogen-bond acceptors (Lipinski definition) is 4. The van der Waals surface area contributed by atoms with Gasteiger partial charge in [-0.3, -0.25) is 4.98 Å². The molecule has 112 valence electrons. The van der Waals surface area contributed by atoms with E-state index in [4.69, 9.17) is 9.72 Å². The van der Waals surface area contributed by atoms with Crippen molar-refractivity contribution in [2.75, 3.05) is 31.0 Å². The lowest BCUT2D eigenvalue weighted by molar-refractivity contribution is 0.415. The van der Waals surface area contributed by atoms with Crippen LogP contribution in [0.3, 0.4) is 0 Å². The summed E-state index contributed by atoms with van der Waals surface area (Å²) in [5.41, 5.74) is 5.06. The van der Waals surface area contributed by atoms with Gasteiger partial charge in [0.2, 0.25) is 0 Å². The third-order valence-electron chi connectivity index (χ3n) is 4.08. The first-order chi connectivity index (χ1) is 10.3. The third kappa shape index (κ3) is 2.95. The third-order valence-corrected chi connectivity index (χ3v) is 4.69. The van der Waals surface area contributed by atoms with Crippen LogP contribution in [-0.2, 0) is 12.8 Å². The summed E-state index contributed by atoms with van der Waals surface area (Å²) in [6.45, 7) is 0.990. The van der Waals surface area contributed by atoms with Gasteiger partial charge in [0, 0.05) is 29.1 Å². The zero-order valence-electron chi connectivity index (χ0n) is 12.7. The standard InChI is InChI=1S/C17H22N2OS/c1-20-12-7-8-16-14(11-12)17(18-9-10-21-2)13-5-3-4-6-15(13)19-16/h7-8,11H,3-6,9-10H2,1-2H3,(H,18,19). The Hall–Kier alpha value is -1.42. The molecule has 21 heavy (non-hydrogen) atoms. The van der Waals surface area contributed by atoms with Crippen LogP contribution < -0.4 is 10.1 Å². The van der Waals surface area contributed by atoms with Crippen molar-refractivity contribution in [2.45, 2.75) is 25.7 Å². The van der Waals surface area contributed by atoms with Gasteiger partial charge in [0.25, 0.3) is 0 Å². The van der Waals surface area contributed by atoms with E-state index < -0.39 is 0 Å². The van der Waals surface area contributed by atoms with Crippen LogP contribution in [-0.4, -0.2) is 30.6 Å². The number of aryl methyl sites for hydroxylation is 1. The lowest BCUT2D eigenvalue weighted by Gasteiger charge is -2.22. The summed E-state index contributed by atoms with van der Waals surface area (Å²) in [5.74, 6) is 2.01. The van der Waals surface area contributed by atoms with E-state index in [0.717, 1.165) is 36.4 Å². The molecule has 0 spiro atoms. The van der Waals surface area contributed by atoms with Crippen LogP contribution in [0, 0.1) is 0 Å². The van der Waals surface area contributed by atoms with Crippen LogP contribution in [0.1, 0.15) is 24.1 Å². The SMILES string of the molecule is COc1ccc2nc3c(c(NCCSC)c2c1)CCCC3. The molecule has 2 aromatic rings. The average Bonchev–Trinajstić information content (AvgIpc) is 2.54. The zero-order chi connectivity index (χ0) is 14.7. The molecule has 1 aliphatic carbocycles. The summed E-state index contributed by atoms with van der Waals surface area (Å²) in [6, 6.07) is 6.18. The Morgan fingerprint density at radius 3 is 2.95 bits per heavy atom. The first-order valence-electron chi connectivity index (χ1n) is 7.56. The normalized spacial score (nSPS) is 14.0. The lowest BCUT2D eigenvalue weighted by atomic mass is 9.92. The van der Waals surface area contributed by atoms with Crippen molar-refractivity contribution in [3.05, 3.63) is 29.5 Å². The molecule has 0 fully saturated rings. The summed E-state index contributed by atoms with van der Waals surface area (Å²) < 4.78 is 5.39. The second-order valence-corrected chi connectivity index (χ2v) is 6.41. The second-order valence-electron chi connectivity index (χ2n) is 5.42. The highest BCUT2D eigenvalue weighted by atomic mass is 32.2. The van der Waals surface area contributed by atoms with E-state index in [-0.39, 0.29) is 0 Å². The van der Waals surface area contributed by atoms with Crippen LogP contribution in [0.5, 0.6) is 5.75 Å². The molecule has 0 bridgehead atoms. The fourth-order valence-electron chi connectivity index (χ4n) is 3.01. The van der Waals surface area contributed by atoms with Gasteiger partial charge < -0.3 is 10.1 Å². The second kappa shape index (κ2) is 6.56. The van der Waals surface area contributed by atoms with Crippen LogP contribution in [0.15, 0.2) is 18.2 Å². The Bertz CT molecular complexity index is 642. The molecule has 0 aliphatic heterocycles. The van der Waals surface area contributed by atoms with E-state index in [1.807, 2.05) is 17.8 Å². The molecule has 0 atom stereocenters. The van der Waals surface area contributed by atoms with Gasteiger partial charge in [0.15, 0.2) is 0 Å². The highest BCUT2D eigenvalue weighted by Gasteiger charge is 2.18. The van der Waals surface area contributed by atoms with E-state index >= 15 is 0 Å². The van der Waals surface area contributed by atoms with Crippen molar-refractivity contribution in [3.8, 4) is 5.75 Å². The van der Waals surface area contributed by atoms with E-state index in [9.17, 15) is 0 Å². The van der Waals surface area contributed by atoms with Gasteiger partial charge in [0.1, 0.15) is 5.75 Å². The molecule has 0 unspecified atom stereocenters. The van der Waals surface area contributed by atoms with Crippen molar-refractivity contribution >= 4 is 28.4 Å². The Morgan fingerprint density at radius 1 is 1.29 bits per heavy atom. The first kappa shape index (κ1) is 14.5. The van der Waals surface area contributed by atoms with E-state index in [0.29, 0.717) is 0 Å². The number of methoxy groups -OCH3 is 1. The number of aromatic nitrogens is 1. The van der Waals surface area contributed by atoms with Crippen molar-refractivity contribution in [1.29, 1.82) is 0 Å². The minimum Gasteiger partial charge on any atom is -0.497 e. The molecular formula is C17H22N2OS. The summed E-state index contributed by atoms with van der Waals surface area (Å²) >= 11 is 1.87. The fourth-order valence-corrected chi connectivity index (χ4v) is 3.32. The maximum absolute atomic E-state index is 5.39. The molecule has 4 heteroatoms. The van der Waals surface area contributed by atoms with Gasteiger partial charge in [-0.15, -0.1) is 0 Å². The zero-order valence-corrected chi connectivity index (χ0v) is 13.6. The molecule has 0 radical (unpaired) electrons. The molecule has 1 N–H and O–H groups in total. The highest BCUT2D eigenvalue weighted by molar-refractivity contribution is 7.98. The van der Waals surface area contributed by atoms with Crippen molar-refractivity contribution < 1.29 is 4.74 Å². The van der Waals surface area contributed by atoms with Crippen LogP contribution in [0.2, 0.25) is 0 Å². The average molecular weight is 302 g/mol. The van der Waals surface area contributed by atoms with Crippen molar-refractivity contribution in [1.82, 2.24) is 4.98 Å². The van der Waals surface area contributed by atoms with E-state index in [1.165, 1.54) is 35.2 Å². The summed E-state index contributed by atoms with van der Waals surface area (Å²) in [4.78, 5) is 4.88. The number of hydrogen-bond donors (Lipinski definition) is 1. The molecule has 1 aromatic heterocycles. The van der Waals surface area contributed by atoms with E-state index in [1.54, 1.807) is 7.11 Å². The Kier molecular flexibility index (Phi) is 4.54. The summed E-state index contributed by atoms with van der Waals surface area (Å²) in [6.07, 6.45) is 6.91. The Labute approximate surface area is 130 Å². The molecular weight excluding hydrogens is 280 g/mol. The van der Waals surface area contributed by atoms with Gasteiger partial charge >= 0.3 is 0 Å². The first-order valence-corrected chi connectivity index (χ1v) is 8.95. The van der Waals surface area contributed by atoms with Crippen molar-refractivity contribution in [2.24, 2.45) is 0 Å². The lowest BCUT2D eigenvalue weighted by Crippen LogP contribution is -2.13. The number of rotatable bonds is 5. The molecule has 1 aromatic carbocycles. The molecule has 3 nitrogen and oxygen atoms in total. The number of nitrogens with zero attached hydrogens (tertiary/aromatic N) is 1. The van der Waals surface area contributed by atoms with Crippen molar-refractivity contribution in [3.63, 3.8) is 0 Å². The number of benzene rings is 1. The molecule has 3 rings (SSSR count). The molecule has 0 saturated heterocycles. The quantitative estimate of drug-likeness (QED) is 0.850. The van der Waals surface area contributed by atoms with Gasteiger partial charge in [-0.1, -0.05) is 0 Å². The van der Waals surface area contributed by atoms with Gasteiger partial charge in [-0.2, -0.15) is 11.8 Å². The summed E-state index contributed by atoms with van der Waals surface area (Å²) in [7, 11) is 1.72. The number of thioether (sulfide) groups is 1. The minimum absolute atomic E-state index is 0.896. The minimum atomic E-state index is 0.896. The molecule has 1 heterocycles.